The predicted octanol–water partition coefficient (Wildman–Crippen LogP) is -0.415. The van der Waals surface area contributed by atoms with E-state index in [-0.39, 0.29) is 18.8 Å². The number of nitrogens with one attached hydrogen (secondary N) is 1. The number of amides is 1. The topological polar surface area (TPSA) is 84.6 Å². The normalized spacial score (nSPS) is 27.5. The maximum atomic E-state index is 10.2. The minimum Gasteiger partial charge on any atom is -0.448 e. The molecule has 13 heavy (non-hydrogen) atoms. The van der Waals surface area contributed by atoms with Crippen LogP contribution < -0.4 is 11.1 Å². The summed E-state index contributed by atoms with van der Waals surface area (Å²) in [5.41, 5.74) is 4.78. The van der Waals surface area contributed by atoms with Crippen LogP contribution in [-0.4, -0.2) is 36.5 Å². The summed E-state index contributed by atoms with van der Waals surface area (Å²) in [5.74, 6) is 0. The highest BCUT2D eigenvalue weighted by molar-refractivity contribution is 5.64. The van der Waals surface area contributed by atoms with Crippen LogP contribution in [0.5, 0.6) is 0 Å². The third-order valence-electron chi connectivity index (χ3n) is 2.23. The van der Waals surface area contributed by atoms with Crippen molar-refractivity contribution in [2.24, 2.45) is 5.73 Å². The molecule has 0 aromatic rings. The lowest BCUT2D eigenvalue weighted by atomic mass is 10.2. The van der Waals surface area contributed by atoms with Crippen LogP contribution in [0.1, 0.15) is 19.3 Å². The lowest BCUT2D eigenvalue weighted by molar-refractivity contribution is 0.135. The van der Waals surface area contributed by atoms with E-state index in [1.807, 2.05) is 0 Å². The number of primary amides is 1. The number of hydrogen-bond donors (Lipinski definition) is 3. The smallest absolute Gasteiger partial charge is 0.404 e. The molecule has 0 bridgehead atoms. The van der Waals surface area contributed by atoms with Crippen LogP contribution in [0.3, 0.4) is 0 Å². The van der Waals surface area contributed by atoms with Gasteiger partial charge in [0.05, 0.1) is 6.10 Å². The molecule has 1 aliphatic rings. The molecule has 2 atom stereocenters. The molecule has 0 saturated heterocycles. The van der Waals surface area contributed by atoms with Gasteiger partial charge in [-0.15, -0.1) is 0 Å². The molecule has 4 N–H and O–H groups in total. The zero-order valence-electron chi connectivity index (χ0n) is 7.53. The lowest BCUT2D eigenvalue weighted by Gasteiger charge is -2.15. The van der Waals surface area contributed by atoms with Gasteiger partial charge >= 0.3 is 6.09 Å². The zero-order chi connectivity index (χ0) is 9.68. The summed E-state index contributed by atoms with van der Waals surface area (Å²) in [6, 6.07) is 0.150. The second kappa shape index (κ2) is 5.04. The van der Waals surface area contributed by atoms with E-state index in [0.717, 1.165) is 19.3 Å². The average Bonchev–Trinajstić information content (AvgIpc) is 2.45. The molecule has 1 aliphatic carbocycles. The number of aliphatic hydroxyl groups is 1. The Morgan fingerprint density at radius 3 is 2.92 bits per heavy atom. The summed E-state index contributed by atoms with van der Waals surface area (Å²) in [7, 11) is 0. The van der Waals surface area contributed by atoms with Crippen molar-refractivity contribution in [1.29, 1.82) is 0 Å². The molecule has 0 aromatic heterocycles. The van der Waals surface area contributed by atoms with E-state index in [4.69, 9.17) is 5.73 Å². The molecule has 76 valence electrons. The van der Waals surface area contributed by atoms with E-state index >= 15 is 0 Å². The highest BCUT2D eigenvalue weighted by atomic mass is 16.5. The van der Waals surface area contributed by atoms with Gasteiger partial charge in [-0.25, -0.2) is 4.79 Å². The van der Waals surface area contributed by atoms with Crippen molar-refractivity contribution < 1.29 is 14.6 Å². The Bertz CT molecular complexity index is 175. The third kappa shape index (κ3) is 3.61. The quantitative estimate of drug-likeness (QED) is 0.523. The van der Waals surface area contributed by atoms with E-state index in [9.17, 15) is 9.90 Å². The molecule has 1 rings (SSSR count). The lowest BCUT2D eigenvalue weighted by Crippen LogP contribution is -2.38. The van der Waals surface area contributed by atoms with Crippen LogP contribution in [0.2, 0.25) is 0 Å². The van der Waals surface area contributed by atoms with Crippen molar-refractivity contribution in [2.75, 3.05) is 13.2 Å². The highest BCUT2D eigenvalue weighted by Gasteiger charge is 2.23. The van der Waals surface area contributed by atoms with Gasteiger partial charge in [-0.05, 0) is 19.3 Å². The molecule has 1 fully saturated rings. The van der Waals surface area contributed by atoms with E-state index in [1.165, 1.54) is 0 Å². The fraction of sp³-hybridized carbons (Fsp3) is 0.875. The van der Waals surface area contributed by atoms with Crippen molar-refractivity contribution >= 4 is 6.09 Å². The first-order valence-corrected chi connectivity index (χ1v) is 4.54. The molecule has 5 heteroatoms. The third-order valence-corrected chi connectivity index (χ3v) is 2.23. The average molecular weight is 188 g/mol. The van der Waals surface area contributed by atoms with Gasteiger partial charge in [0.2, 0.25) is 0 Å². The second-order valence-corrected chi connectivity index (χ2v) is 3.23. The Kier molecular flexibility index (Phi) is 3.98. The first-order chi connectivity index (χ1) is 6.20. The van der Waals surface area contributed by atoms with Crippen LogP contribution in [0.4, 0.5) is 4.79 Å². The van der Waals surface area contributed by atoms with Crippen molar-refractivity contribution in [1.82, 2.24) is 5.32 Å². The van der Waals surface area contributed by atoms with Crippen LogP contribution in [0.25, 0.3) is 0 Å². The van der Waals surface area contributed by atoms with Crippen molar-refractivity contribution in [2.45, 2.75) is 31.4 Å². The first kappa shape index (κ1) is 10.3. The summed E-state index contributed by atoms with van der Waals surface area (Å²) in [5, 5.41) is 12.5. The monoisotopic (exact) mass is 188 g/mol. The summed E-state index contributed by atoms with van der Waals surface area (Å²) < 4.78 is 4.53. The number of nitrogens with two attached hydrogens (primary N) is 1. The van der Waals surface area contributed by atoms with Crippen molar-refractivity contribution in [3.8, 4) is 0 Å². The van der Waals surface area contributed by atoms with Crippen LogP contribution in [-0.2, 0) is 4.74 Å². The summed E-state index contributed by atoms with van der Waals surface area (Å²) >= 11 is 0. The molecular weight excluding hydrogens is 172 g/mol. The Labute approximate surface area is 77.2 Å². The maximum Gasteiger partial charge on any atom is 0.404 e. The molecule has 0 radical (unpaired) electrons. The summed E-state index contributed by atoms with van der Waals surface area (Å²) in [4.78, 5) is 10.2. The largest absolute Gasteiger partial charge is 0.448 e. The van der Waals surface area contributed by atoms with Gasteiger partial charge in [-0.1, -0.05) is 0 Å². The first-order valence-electron chi connectivity index (χ1n) is 4.54. The van der Waals surface area contributed by atoms with Gasteiger partial charge in [0.25, 0.3) is 0 Å². The summed E-state index contributed by atoms with van der Waals surface area (Å²) in [6.07, 6.45) is 1.88. The highest BCUT2D eigenvalue weighted by Crippen LogP contribution is 2.18. The molecular formula is C8H16N2O3. The molecule has 0 aliphatic heterocycles. The van der Waals surface area contributed by atoms with Gasteiger partial charge < -0.3 is 20.9 Å². The minimum absolute atomic E-state index is 0.150. The Morgan fingerprint density at radius 2 is 2.38 bits per heavy atom. The molecule has 0 heterocycles. The van der Waals surface area contributed by atoms with Crippen LogP contribution >= 0.6 is 0 Å². The fourth-order valence-corrected chi connectivity index (χ4v) is 1.57. The standard InChI is InChI=1S/C8H16N2O3/c9-8(12)13-5-4-10-6-2-1-3-7(6)11/h6-7,10-11H,1-5H2,(H2,9,12)/t6-,7-/m0/s1. The van der Waals surface area contributed by atoms with Gasteiger partial charge in [0.15, 0.2) is 0 Å². The van der Waals surface area contributed by atoms with Crippen LogP contribution in [0, 0.1) is 0 Å². The van der Waals surface area contributed by atoms with E-state index in [0.29, 0.717) is 6.54 Å². The molecule has 1 amide bonds. The number of carbonyl (C=O) groups is 1. The second-order valence-electron chi connectivity index (χ2n) is 3.23. The number of carbonyl (C=O) groups excluding carboxylic acids is 1. The van der Waals surface area contributed by atoms with Gasteiger partial charge in [-0.2, -0.15) is 0 Å². The zero-order valence-corrected chi connectivity index (χ0v) is 7.53. The van der Waals surface area contributed by atoms with E-state index in [2.05, 4.69) is 10.1 Å². The maximum absolute atomic E-state index is 10.2. The SMILES string of the molecule is NC(=O)OCCN[C@H]1CCC[C@@H]1O. The van der Waals surface area contributed by atoms with Gasteiger partial charge in [0, 0.05) is 12.6 Å². The number of ether oxygens (including phenoxy) is 1. The Morgan fingerprint density at radius 1 is 1.62 bits per heavy atom. The molecule has 0 spiro atoms. The van der Waals surface area contributed by atoms with Crippen LogP contribution in [0.15, 0.2) is 0 Å². The fourth-order valence-electron chi connectivity index (χ4n) is 1.57. The molecule has 1 saturated carbocycles. The van der Waals surface area contributed by atoms with E-state index < -0.39 is 6.09 Å². The number of aliphatic hydroxyl groups excluding tert-OH is 1. The summed E-state index contributed by atoms with van der Waals surface area (Å²) in [6.45, 7) is 0.809. The van der Waals surface area contributed by atoms with Crippen molar-refractivity contribution in [3.63, 3.8) is 0 Å². The van der Waals surface area contributed by atoms with Gasteiger partial charge in [-0.3, -0.25) is 0 Å². The molecule has 0 aromatic carbocycles. The van der Waals surface area contributed by atoms with Gasteiger partial charge in [0.1, 0.15) is 6.61 Å². The van der Waals surface area contributed by atoms with Crippen molar-refractivity contribution in [3.05, 3.63) is 0 Å². The van der Waals surface area contributed by atoms with E-state index in [1.54, 1.807) is 0 Å². The Hall–Kier alpha value is -0.810. The predicted molar refractivity (Wildman–Crippen MR) is 47.2 cm³/mol. The molecule has 0 unspecified atom stereocenters. The molecule has 5 nitrogen and oxygen atoms in total. The number of rotatable bonds is 4. The number of hydrogen-bond acceptors (Lipinski definition) is 4. The Balaban J connectivity index is 2.02. The minimum atomic E-state index is -0.756.